The Morgan fingerprint density at radius 3 is 2.58 bits per heavy atom. The standard InChI is InChI=1S/C20H23NO4S/c1-14(16-6-8-18(25-2)9-7-16)10-19(22)21-17-5-3-4-15(11-17)12-26-13-20(23)24/h3-9,11,14H,10,12-13H2,1-2H3,(H,21,22)(H,23,24). The van der Waals surface area contributed by atoms with Crippen molar-refractivity contribution in [2.24, 2.45) is 0 Å². The lowest BCUT2D eigenvalue weighted by Crippen LogP contribution is -2.14. The molecule has 0 spiro atoms. The smallest absolute Gasteiger partial charge is 0.313 e. The van der Waals surface area contributed by atoms with E-state index in [1.807, 2.05) is 55.5 Å². The summed E-state index contributed by atoms with van der Waals surface area (Å²) in [6, 6.07) is 15.2. The molecule has 0 bridgehead atoms. The summed E-state index contributed by atoms with van der Waals surface area (Å²) in [5, 5.41) is 11.6. The number of benzene rings is 2. The third-order valence-corrected chi connectivity index (χ3v) is 4.87. The van der Waals surface area contributed by atoms with Gasteiger partial charge in [0.25, 0.3) is 0 Å². The molecule has 2 rings (SSSR count). The molecule has 0 heterocycles. The number of carboxylic acid groups (broad SMARTS) is 1. The average molecular weight is 373 g/mol. The van der Waals surface area contributed by atoms with Crippen LogP contribution in [0, 0.1) is 0 Å². The number of ether oxygens (including phenoxy) is 1. The summed E-state index contributed by atoms with van der Waals surface area (Å²) >= 11 is 1.33. The number of aliphatic carboxylic acids is 1. The van der Waals surface area contributed by atoms with Crippen LogP contribution in [0.25, 0.3) is 0 Å². The summed E-state index contributed by atoms with van der Waals surface area (Å²) in [5.41, 5.74) is 2.79. The summed E-state index contributed by atoms with van der Waals surface area (Å²) in [5.74, 6) is 0.669. The Balaban J connectivity index is 1.89. The molecular weight excluding hydrogens is 350 g/mol. The number of methoxy groups -OCH3 is 1. The third-order valence-electron chi connectivity index (χ3n) is 3.88. The number of hydrogen-bond acceptors (Lipinski definition) is 4. The van der Waals surface area contributed by atoms with Crippen LogP contribution in [0.2, 0.25) is 0 Å². The number of hydrogen-bond donors (Lipinski definition) is 2. The van der Waals surface area contributed by atoms with Gasteiger partial charge in [0.2, 0.25) is 5.91 Å². The maximum Gasteiger partial charge on any atom is 0.313 e. The van der Waals surface area contributed by atoms with Crippen LogP contribution in [0.5, 0.6) is 5.75 Å². The lowest BCUT2D eigenvalue weighted by Gasteiger charge is -2.13. The second-order valence-corrected chi connectivity index (χ2v) is 7.00. The first-order valence-corrected chi connectivity index (χ1v) is 9.45. The highest BCUT2D eigenvalue weighted by Crippen LogP contribution is 2.23. The predicted octanol–water partition coefficient (Wildman–Crippen LogP) is 4.15. The van der Waals surface area contributed by atoms with Gasteiger partial charge in [-0.2, -0.15) is 0 Å². The predicted molar refractivity (Wildman–Crippen MR) is 105 cm³/mol. The van der Waals surface area contributed by atoms with Gasteiger partial charge < -0.3 is 15.2 Å². The van der Waals surface area contributed by atoms with Crippen molar-refractivity contribution in [2.75, 3.05) is 18.2 Å². The highest BCUT2D eigenvalue weighted by atomic mass is 32.2. The van der Waals surface area contributed by atoms with E-state index in [0.717, 1.165) is 22.6 Å². The number of anilines is 1. The monoisotopic (exact) mass is 373 g/mol. The maximum absolute atomic E-state index is 12.3. The third kappa shape index (κ3) is 6.44. The van der Waals surface area contributed by atoms with E-state index in [1.54, 1.807) is 7.11 Å². The average Bonchev–Trinajstić information content (AvgIpc) is 2.61. The van der Waals surface area contributed by atoms with Gasteiger partial charge >= 0.3 is 5.97 Å². The molecule has 0 saturated carbocycles. The number of amides is 1. The molecule has 0 fully saturated rings. The van der Waals surface area contributed by atoms with Crippen LogP contribution in [0.1, 0.15) is 30.4 Å². The zero-order valence-electron chi connectivity index (χ0n) is 14.9. The van der Waals surface area contributed by atoms with E-state index in [2.05, 4.69) is 5.32 Å². The van der Waals surface area contributed by atoms with Gasteiger partial charge in [-0.25, -0.2) is 0 Å². The van der Waals surface area contributed by atoms with Crippen LogP contribution in [-0.4, -0.2) is 29.8 Å². The summed E-state index contributed by atoms with van der Waals surface area (Å²) < 4.78 is 5.15. The summed E-state index contributed by atoms with van der Waals surface area (Å²) in [6.07, 6.45) is 0.379. The Morgan fingerprint density at radius 1 is 1.19 bits per heavy atom. The van der Waals surface area contributed by atoms with Crippen molar-refractivity contribution in [3.05, 3.63) is 59.7 Å². The van der Waals surface area contributed by atoms with Crippen LogP contribution in [0.4, 0.5) is 5.69 Å². The minimum Gasteiger partial charge on any atom is -0.497 e. The topological polar surface area (TPSA) is 75.6 Å². The first-order valence-electron chi connectivity index (χ1n) is 8.30. The fraction of sp³-hybridized carbons (Fsp3) is 0.300. The molecule has 0 saturated heterocycles. The quantitative estimate of drug-likeness (QED) is 0.691. The molecule has 6 heteroatoms. The van der Waals surface area contributed by atoms with Crippen molar-refractivity contribution < 1.29 is 19.4 Å². The van der Waals surface area contributed by atoms with Gasteiger partial charge in [0.1, 0.15) is 5.75 Å². The molecule has 1 unspecified atom stereocenters. The van der Waals surface area contributed by atoms with Crippen LogP contribution in [0.3, 0.4) is 0 Å². The Hall–Kier alpha value is -2.47. The van der Waals surface area contributed by atoms with Crippen LogP contribution in [0.15, 0.2) is 48.5 Å². The van der Waals surface area contributed by atoms with Gasteiger partial charge in [-0.1, -0.05) is 31.2 Å². The molecule has 26 heavy (non-hydrogen) atoms. The first-order chi connectivity index (χ1) is 12.5. The molecular formula is C20H23NO4S. The molecule has 5 nitrogen and oxygen atoms in total. The number of thioether (sulfide) groups is 1. The molecule has 1 atom stereocenters. The Labute approximate surface area is 157 Å². The normalized spacial score (nSPS) is 11.6. The van der Waals surface area contributed by atoms with Crippen LogP contribution >= 0.6 is 11.8 Å². The number of carboxylic acids is 1. The van der Waals surface area contributed by atoms with E-state index in [4.69, 9.17) is 9.84 Å². The Bertz CT molecular complexity index is 746. The van der Waals surface area contributed by atoms with Crippen LogP contribution < -0.4 is 10.1 Å². The minimum absolute atomic E-state index is 0.0522. The van der Waals surface area contributed by atoms with Gasteiger partial charge in [-0.15, -0.1) is 11.8 Å². The van der Waals surface area contributed by atoms with E-state index >= 15 is 0 Å². The van der Waals surface area contributed by atoms with E-state index in [9.17, 15) is 9.59 Å². The Morgan fingerprint density at radius 2 is 1.92 bits per heavy atom. The molecule has 1 amide bonds. The lowest BCUT2D eigenvalue weighted by molar-refractivity contribution is -0.133. The number of carbonyl (C=O) groups excluding carboxylic acids is 1. The highest BCUT2D eigenvalue weighted by Gasteiger charge is 2.12. The molecule has 0 aromatic heterocycles. The summed E-state index contributed by atoms with van der Waals surface area (Å²) in [4.78, 5) is 22.9. The summed E-state index contributed by atoms with van der Waals surface area (Å²) in [7, 11) is 1.63. The molecule has 0 aliphatic heterocycles. The zero-order valence-corrected chi connectivity index (χ0v) is 15.7. The fourth-order valence-electron chi connectivity index (χ4n) is 2.54. The van der Waals surface area contributed by atoms with E-state index < -0.39 is 5.97 Å². The molecule has 138 valence electrons. The Kier molecular flexibility index (Phi) is 7.53. The molecule has 0 aliphatic rings. The second kappa shape index (κ2) is 9.87. The van der Waals surface area contributed by atoms with Crippen molar-refractivity contribution in [1.29, 1.82) is 0 Å². The van der Waals surface area contributed by atoms with Gasteiger partial charge in [-0.05, 0) is 41.3 Å². The second-order valence-electron chi connectivity index (χ2n) is 6.01. The molecule has 0 aliphatic carbocycles. The SMILES string of the molecule is COc1ccc(C(C)CC(=O)Nc2cccc(CSCC(=O)O)c2)cc1. The maximum atomic E-state index is 12.3. The molecule has 0 radical (unpaired) electrons. The van der Waals surface area contributed by atoms with Gasteiger partial charge in [0.15, 0.2) is 0 Å². The van der Waals surface area contributed by atoms with Crippen molar-refractivity contribution >= 4 is 29.3 Å². The van der Waals surface area contributed by atoms with E-state index in [1.165, 1.54) is 11.8 Å². The summed E-state index contributed by atoms with van der Waals surface area (Å²) in [6.45, 7) is 2.01. The fourth-order valence-corrected chi connectivity index (χ4v) is 3.23. The van der Waals surface area contributed by atoms with Crippen molar-refractivity contribution in [2.45, 2.75) is 25.0 Å². The largest absolute Gasteiger partial charge is 0.497 e. The van der Waals surface area contributed by atoms with E-state index in [0.29, 0.717) is 12.2 Å². The zero-order chi connectivity index (χ0) is 18.9. The first kappa shape index (κ1) is 19.8. The molecule has 2 aromatic carbocycles. The number of rotatable bonds is 9. The van der Waals surface area contributed by atoms with Gasteiger partial charge in [-0.3, -0.25) is 9.59 Å². The number of nitrogens with one attached hydrogen (secondary N) is 1. The highest BCUT2D eigenvalue weighted by molar-refractivity contribution is 7.99. The minimum atomic E-state index is -0.827. The van der Waals surface area contributed by atoms with Crippen molar-refractivity contribution in [1.82, 2.24) is 0 Å². The van der Waals surface area contributed by atoms with E-state index in [-0.39, 0.29) is 17.6 Å². The van der Waals surface area contributed by atoms with Crippen molar-refractivity contribution in [3.8, 4) is 5.75 Å². The van der Waals surface area contributed by atoms with Crippen LogP contribution in [-0.2, 0) is 15.3 Å². The van der Waals surface area contributed by atoms with Gasteiger partial charge in [0.05, 0.1) is 12.9 Å². The lowest BCUT2D eigenvalue weighted by atomic mass is 9.97. The van der Waals surface area contributed by atoms with Gasteiger partial charge in [0, 0.05) is 17.9 Å². The molecule has 2 aromatic rings. The number of carbonyl (C=O) groups is 2. The molecule has 2 N–H and O–H groups in total. The van der Waals surface area contributed by atoms with Crippen molar-refractivity contribution in [3.63, 3.8) is 0 Å².